The molecule has 0 aromatic rings. The van der Waals surface area contributed by atoms with E-state index in [1.54, 1.807) is 0 Å². The minimum absolute atomic E-state index is 0.00125. The van der Waals surface area contributed by atoms with E-state index in [0.717, 1.165) is 6.42 Å². The Bertz CT molecular complexity index is 151. The van der Waals surface area contributed by atoms with Gasteiger partial charge in [-0.25, -0.2) is 0 Å². The normalized spacial score (nSPS) is 22.5. The summed E-state index contributed by atoms with van der Waals surface area (Å²) in [5.74, 6) is 0.430. The van der Waals surface area contributed by atoms with Gasteiger partial charge < -0.3 is 25.7 Å². The average molecular weight is 204 g/mol. The second-order valence-corrected chi connectivity index (χ2v) is 3.70. The van der Waals surface area contributed by atoms with Crippen molar-refractivity contribution in [3.05, 3.63) is 0 Å². The molecule has 0 aromatic heterocycles. The van der Waals surface area contributed by atoms with Crippen LogP contribution in [0.4, 0.5) is 0 Å². The van der Waals surface area contributed by atoms with Gasteiger partial charge in [-0.2, -0.15) is 0 Å². The highest BCUT2D eigenvalue weighted by molar-refractivity contribution is 4.65. The molecule has 2 atom stereocenters. The van der Waals surface area contributed by atoms with Crippen molar-refractivity contribution in [2.45, 2.75) is 25.9 Å². The lowest BCUT2D eigenvalue weighted by molar-refractivity contribution is -0.231. The molecule has 1 saturated heterocycles. The summed E-state index contributed by atoms with van der Waals surface area (Å²) in [5.41, 5.74) is 11.3. The predicted molar refractivity (Wildman–Crippen MR) is 52.5 cm³/mol. The van der Waals surface area contributed by atoms with Gasteiger partial charge in [-0.3, -0.25) is 0 Å². The second-order valence-electron chi connectivity index (χ2n) is 3.70. The maximum atomic E-state index is 5.84. The monoisotopic (exact) mass is 204 g/mol. The molecule has 2 unspecified atom stereocenters. The molecule has 1 aliphatic heterocycles. The second kappa shape index (κ2) is 6.31. The topological polar surface area (TPSA) is 79.7 Å². The Morgan fingerprint density at radius 1 is 1.43 bits per heavy atom. The first kappa shape index (κ1) is 11.9. The quantitative estimate of drug-likeness (QED) is 0.618. The summed E-state index contributed by atoms with van der Waals surface area (Å²) in [5, 5.41) is 0. The Labute approximate surface area is 84.7 Å². The summed E-state index contributed by atoms with van der Waals surface area (Å²) in [6.45, 7) is 3.86. The zero-order valence-electron chi connectivity index (χ0n) is 8.65. The lowest BCUT2D eigenvalue weighted by atomic mass is 10.0. The van der Waals surface area contributed by atoms with E-state index in [1.807, 2.05) is 0 Å². The fraction of sp³-hybridized carbons (Fsp3) is 1.00. The molecular formula is C9H20N2O3. The van der Waals surface area contributed by atoms with Crippen LogP contribution < -0.4 is 11.5 Å². The summed E-state index contributed by atoms with van der Waals surface area (Å²) in [6.07, 6.45) is 0.864. The third kappa shape index (κ3) is 4.34. The van der Waals surface area contributed by atoms with E-state index in [2.05, 4.69) is 6.92 Å². The average Bonchev–Trinajstić information content (AvgIpc) is 2.67. The number of nitrogens with two attached hydrogens (primary N) is 2. The van der Waals surface area contributed by atoms with Crippen molar-refractivity contribution in [3.8, 4) is 0 Å². The van der Waals surface area contributed by atoms with Gasteiger partial charge in [0.25, 0.3) is 6.48 Å². The summed E-state index contributed by atoms with van der Waals surface area (Å²) in [6, 6.07) is 0.00125. The molecule has 0 aliphatic carbocycles. The van der Waals surface area contributed by atoms with E-state index >= 15 is 0 Å². The Morgan fingerprint density at radius 2 is 2.07 bits per heavy atom. The molecule has 0 saturated carbocycles. The molecule has 0 bridgehead atoms. The van der Waals surface area contributed by atoms with Gasteiger partial charge in [0.05, 0.1) is 19.8 Å². The van der Waals surface area contributed by atoms with Crippen LogP contribution in [-0.2, 0) is 14.2 Å². The fourth-order valence-electron chi connectivity index (χ4n) is 1.32. The van der Waals surface area contributed by atoms with Crippen LogP contribution in [0.15, 0.2) is 0 Å². The van der Waals surface area contributed by atoms with E-state index in [9.17, 15) is 0 Å². The van der Waals surface area contributed by atoms with Crippen molar-refractivity contribution in [1.29, 1.82) is 0 Å². The van der Waals surface area contributed by atoms with Gasteiger partial charge in [-0.1, -0.05) is 6.92 Å². The molecular weight excluding hydrogens is 184 g/mol. The van der Waals surface area contributed by atoms with E-state index in [1.165, 1.54) is 0 Å². The van der Waals surface area contributed by atoms with Crippen molar-refractivity contribution in [2.75, 3.05) is 26.4 Å². The highest BCUT2D eigenvalue weighted by atomic mass is 16.9. The first-order valence-corrected chi connectivity index (χ1v) is 5.03. The van der Waals surface area contributed by atoms with Crippen LogP contribution in [0.5, 0.6) is 0 Å². The SMILES string of the molecule is CC(CN)CC(N)COC1OCCO1. The summed E-state index contributed by atoms with van der Waals surface area (Å²) >= 11 is 0. The molecule has 0 spiro atoms. The lowest BCUT2D eigenvalue weighted by Gasteiger charge is -2.17. The Morgan fingerprint density at radius 3 is 2.64 bits per heavy atom. The first-order chi connectivity index (χ1) is 6.72. The maximum absolute atomic E-state index is 5.84. The van der Waals surface area contributed by atoms with Gasteiger partial charge in [0, 0.05) is 6.04 Å². The Balaban J connectivity index is 2.04. The van der Waals surface area contributed by atoms with Crippen molar-refractivity contribution < 1.29 is 14.2 Å². The van der Waals surface area contributed by atoms with Gasteiger partial charge in [-0.15, -0.1) is 0 Å². The molecule has 1 aliphatic rings. The van der Waals surface area contributed by atoms with Crippen molar-refractivity contribution in [1.82, 2.24) is 0 Å². The molecule has 5 heteroatoms. The van der Waals surface area contributed by atoms with Gasteiger partial charge in [0.1, 0.15) is 0 Å². The van der Waals surface area contributed by atoms with Crippen molar-refractivity contribution in [2.24, 2.45) is 17.4 Å². The maximum Gasteiger partial charge on any atom is 0.271 e. The van der Waals surface area contributed by atoms with Crippen LogP contribution in [0, 0.1) is 5.92 Å². The van der Waals surface area contributed by atoms with Crippen LogP contribution in [-0.4, -0.2) is 38.9 Å². The summed E-state index contributed by atoms with van der Waals surface area (Å²) < 4.78 is 15.5. The first-order valence-electron chi connectivity index (χ1n) is 5.03. The molecule has 0 aromatic carbocycles. The van der Waals surface area contributed by atoms with E-state index in [-0.39, 0.29) is 6.04 Å². The summed E-state index contributed by atoms with van der Waals surface area (Å²) in [7, 11) is 0. The minimum atomic E-state index is -0.519. The molecule has 84 valence electrons. The third-order valence-electron chi connectivity index (χ3n) is 2.15. The Hall–Kier alpha value is -0.200. The highest BCUT2D eigenvalue weighted by Gasteiger charge is 2.18. The van der Waals surface area contributed by atoms with Crippen LogP contribution >= 0.6 is 0 Å². The lowest BCUT2D eigenvalue weighted by Crippen LogP contribution is -2.32. The van der Waals surface area contributed by atoms with Gasteiger partial charge in [0.15, 0.2) is 0 Å². The molecule has 5 nitrogen and oxygen atoms in total. The molecule has 0 radical (unpaired) electrons. The van der Waals surface area contributed by atoms with Gasteiger partial charge in [-0.05, 0) is 18.9 Å². The number of hydrogen-bond acceptors (Lipinski definition) is 5. The molecule has 1 fully saturated rings. The number of ether oxygens (including phenoxy) is 3. The van der Waals surface area contributed by atoms with E-state index in [4.69, 9.17) is 25.7 Å². The summed E-state index contributed by atoms with van der Waals surface area (Å²) in [4.78, 5) is 0. The van der Waals surface area contributed by atoms with Crippen molar-refractivity contribution >= 4 is 0 Å². The smallest absolute Gasteiger partial charge is 0.271 e. The van der Waals surface area contributed by atoms with E-state index in [0.29, 0.717) is 32.3 Å². The molecule has 0 amide bonds. The van der Waals surface area contributed by atoms with Crippen LogP contribution in [0.3, 0.4) is 0 Å². The number of hydrogen-bond donors (Lipinski definition) is 2. The third-order valence-corrected chi connectivity index (χ3v) is 2.15. The molecule has 4 N–H and O–H groups in total. The fourth-order valence-corrected chi connectivity index (χ4v) is 1.32. The Kier molecular flexibility index (Phi) is 5.36. The molecule has 1 rings (SSSR count). The predicted octanol–water partition coefficient (Wildman–Crippen LogP) is -0.354. The van der Waals surface area contributed by atoms with Gasteiger partial charge >= 0.3 is 0 Å². The largest absolute Gasteiger partial charge is 0.330 e. The van der Waals surface area contributed by atoms with Gasteiger partial charge in [0.2, 0.25) is 0 Å². The standard InChI is InChI=1S/C9H20N2O3/c1-7(5-10)4-8(11)6-14-9-12-2-3-13-9/h7-9H,2-6,10-11H2,1H3. The van der Waals surface area contributed by atoms with Crippen LogP contribution in [0.1, 0.15) is 13.3 Å². The highest BCUT2D eigenvalue weighted by Crippen LogP contribution is 2.08. The number of rotatable bonds is 6. The minimum Gasteiger partial charge on any atom is -0.330 e. The zero-order chi connectivity index (χ0) is 10.4. The molecule has 14 heavy (non-hydrogen) atoms. The van der Waals surface area contributed by atoms with Crippen LogP contribution in [0.2, 0.25) is 0 Å². The van der Waals surface area contributed by atoms with Crippen LogP contribution in [0.25, 0.3) is 0 Å². The zero-order valence-corrected chi connectivity index (χ0v) is 8.65. The van der Waals surface area contributed by atoms with E-state index < -0.39 is 6.48 Å². The molecule has 1 heterocycles. The van der Waals surface area contributed by atoms with Crippen molar-refractivity contribution in [3.63, 3.8) is 0 Å².